The summed E-state index contributed by atoms with van der Waals surface area (Å²) in [5.74, 6) is -0.179. The molecule has 0 aromatic heterocycles. The SMILES string of the molecule is COc1ccc(C2(O)CCCCC2)cc1F. The fourth-order valence-corrected chi connectivity index (χ4v) is 2.38. The van der Waals surface area contributed by atoms with Crippen molar-refractivity contribution >= 4 is 0 Å². The smallest absolute Gasteiger partial charge is 0.165 e. The molecule has 1 N–H and O–H groups in total. The minimum atomic E-state index is -0.842. The van der Waals surface area contributed by atoms with E-state index in [9.17, 15) is 9.50 Å². The molecule has 0 radical (unpaired) electrons. The van der Waals surface area contributed by atoms with E-state index in [-0.39, 0.29) is 5.75 Å². The molecule has 16 heavy (non-hydrogen) atoms. The first kappa shape index (κ1) is 11.4. The van der Waals surface area contributed by atoms with E-state index in [1.165, 1.54) is 13.2 Å². The van der Waals surface area contributed by atoms with E-state index >= 15 is 0 Å². The van der Waals surface area contributed by atoms with Gasteiger partial charge in [0.15, 0.2) is 11.6 Å². The van der Waals surface area contributed by atoms with Crippen molar-refractivity contribution in [1.29, 1.82) is 0 Å². The lowest BCUT2D eigenvalue weighted by atomic mass is 9.80. The summed E-state index contributed by atoms with van der Waals surface area (Å²) in [5, 5.41) is 10.4. The van der Waals surface area contributed by atoms with Crippen molar-refractivity contribution in [3.05, 3.63) is 29.6 Å². The molecule has 0 amide bonds. The van der Waals surface area contributed by atoms with Gasteiger partial charge in [-0.2, -0.15) is 0 Å². The molecule has 0 bridgehead atoms. The Balaban J connectivity index is 2.29. The lowest BCUT2D eigenvalue weighted by Gasteiger charge is -2.32. The second-order valence-corrected chi connectivity index (χ2v) is 4.44. The molecule has 0 heterocycles. The number of halogens is 1. The predicted molar refractivity (Wildman–Crippen MR) is 59.9 cm³/mol. The molecule has 0 atom stereocenters. The quantitative estimate of drug-likeness (QED) is 0.836. The fraction of sp³-hybridized carbons (Fsp3) is 0.538. The maximum absolute atomic E-state index is 13.5. The number of benzene rings is 1. The molecule has 3 heteroatoms. The van der Waals surface area contributed by atoms with Crippen molar-refractivity contribution in [2.75, 3.05) is 7.11 Å². The standard InChI is InChI=1S/C13H17FO2/c1-16-12-6-5-10(9-11(12)14)13(15)7-3-2-4-8-13/h5-6,9,15H,2-4,7-8H2,1H3. The number of methoxy groups -OCH3 is 1. The Morgan fingerprint density at radius 1 is 1.25 bits per heavy atom. The zero-order valence-corrected chi connectivity index (χ0v) is 9.50. The van der Waals surface area contributed by atoms with E-state index in [2.05, 4.69) is 0 Å². The average Bonchev–Trinajstić information content (AvgIpc) is 2.30. The Morgan fingerprint density at radius 3 is 2.50 bits per heavy atom. The van der Waals surface area contributed by atoms with Crippen molar-refractivity contribution < 1.29 is 14.2 Å². The van der Waals surface area contributed by atoms with Crippen LogP contribution in [0.5, 0.6) is 5.75 Å². The molecule has 0 unspecified atom stereocenters. The lowest BCUT2D eigenvalue weighted by molar-refractivity contribution is -0.000934. The summed E-state index contributed by atoms with van der Waals surface area (Å²) >= 11 is 0. The molecule has 1 aromatic carbocycles. The van der Waals surface area contributed by atoms with E-state index in [1.807, 2.05) is 0 Å². The molecule has 1 aliphatic rings. The van der Waals surface area contributed by atoms with Crippen LogP contribution in [0.3, 0.4) is 0 Å². The highest BCUT2D eigenvalue weighted by Gasteiger charge is 2.31. The summed E-state index contributed by atoms with van der Waals surface area (Å²) in [6.07, 6.45) is 4.60. The Hall–Kier alpha value is -1.09. The highest BCUT2D eigenvalue weighted by atomic mass is 19.1. The molecular weight excluding hydrogens is 207 g/mol. The van der Waals surface area contributed by atoms with Gasteiger partial charge in [-0.15, -0.1) is 0 Å². The first-order chi connectivity index (χ1) is 7.65. The second kappa shape index (κ2) is 4.42. The predicted octanol–water partition coefficient (Wildman–Crippen LogP) is 2.99. The van der Waals surface area contributed by atoms with Gasteiger partial charge in [-0.25, -0.2) is 4.39 Å². The third-order valence-corrected chi connectivity index (χ3v) is 3.37. The Morgan fingerprint density at radius 2 is 1.94 bits per heavy atom. The Labute approximate surface area is 95.1 Å². The number of ether oxygens (including phenoxy) is 1. The lowest BCUT2D eigenvalue weighted by Crippen LogP contribution is -2.28. The molecule has 1 saturated carbocycles. The van der Waals surface area contributed by atoms with Gasteiger partial charge in [-0.05, 0) is 30.5 Å². The van der Waals surface area contributed by atoms with Crippen molar-refractivity contribution in [2.24, 2.45) is 0 Å². The summed E-state index contributed by atoms with van der Waals surface area (Å²) in [5.41, 5.74) is -0.170. The largest absolute Gasteiger partial charge is 0.494 e. The first-order valence-electron chi connectivity index (χ1n) is 5.72. The zero-order valence-electron chi connectivity index (χ0n) is 9.50. The molecule has 0 spiro atoms. The van der Waals surface area contributed by atoms with Crippen LogP contribution in [0.4, 0.5) is 4.39 Å². The normalized spacial score (nSPS) is 19.4. The van der Waals surface area contributed by atoms with Crippen LogP contribution in [-0.2, 0) is 5.60 Å². The van der Waals surface area contributed by atoms with Crippen molar-refractivity contribution in [2.45, 2.75) is 37.7 Å². The summed E-state index contributed by atoms with van der Waals surface area (Å²) in [6, 6.07) is 4.73. The average molecular weight is 224 g/mol. The van der Waals surface area contributed by atoms with Gasteiger partial charge in [-0.3, -0.25) is 0 Å². The van der Waals surface area contributed by atoms with Gasteiger partial charge in [0.2, 0.25) is 0 Å². The van der Waals surface area contributed by atoms with Gasteiger partial charge in [0, 0.05) is 0 Å². The molecule has 1 fully saturated rings. The zero-order chi connectivity index (χ0) is 11.6. The Kier molecular flexibility index (Phi) is 3.15. The van der Waals surface area contributed by atoms with Gasteiger partial charge in [0.1, 0.15) is 0 Å². The third-order valence-electron chi connectivity index (χ3n) is 3.37. The molecule has 1 aromatic rings. The number of rotatable bonds is 2. The number of hydrogen-bond acceptors (Lipinski definition) is 2. The van der Waals surface area contributed by atoms with Crippen LogP contribution in [0.2, 0.25) is 0 Å². The number of hydrogen-bond donors (Lipinski definition) is 1. The van der Waals surface area contributed by atoms with Crippen LogP contribution in [0.1, 0.15) is 37.7 Å². The number of aliphatic hydroxyl groups is 1. The maximum atomic E-state index is 13.5. The molecule has 0 aliphatic heterocycles. The molecule has 2 nitrogen and oxygen atoms in total. The molecule has 2 rings (SSSR count). The van der Waals surface area contributed by atoms with Crippen LogP contribution >= 0.6 is 0 Å². The molecular formula is C13H17FO2. The van der Waals surface area contributed by atoms with Gasteiger partial charge < -0.3 is 9.84 Å². The minimum absolute atomic E-state index is 0.225. The van der Waals surface area contributed by atoms with Crippen molar-refractivity contribution in [3.8, 4) is 5.75 Å². The topological polar surface area (TPSA) is 29.5 Å². The van der Waals surface area contributed by atoms with E-state index in [0.29, 0.717) is 5.56 Å². The van der Waals surface area contributed by atoms with E-state index in [0.717, 1.165) is 32.1 Å². The summed E-state index contributed by atoms with van der Waals surface area (Å²) in [7, 11) is 1.44. The van der Waals surface area contributed by atoms with Crippen LogP contribution in [0.25, 0.3) is 0 Å². The van der Waals surface area contributed by atoms with Crippen LogP contribution in [0, 0.1) is 5.82 Å². The molecule has 88 valence electrons. The van der Waals surface area contributed by atoms with Gasteiger partial charge >= 0.3 is 0 Å². The van der Waals surface area contributed by atoms with E-state index < -0.39 is 11.4 Å². The third kappa shape index (κ3) is 2.05. The highest BCUT2D eigenvalue weighted by molar-refractivity contribution is 5.32. The van der Waals surface area contributed by atoms with E-state index in [1.54, 1.807) is 12.1 Å². The van der Waals surface area contributed by atoms with Crippen LogP contribution < -0.4 is 4.74 Å². The molecule has 0 saturated heterocycles. The van der Waals surface area contributed by atoms with Crippen LogP contribution in [-0.4, -0.2) is 12.2 Å². The summed E-state index contributed by atoms with van der Waals surface area (Å²) < 4.78 is 18.4. The Bertz CT molecular complexity index is 370. The first-order valence-corrected chi connectivity index (χ1v) is 5.72. The van der Waals surface area contributed by atoms with Crippen molar-refractivity contribution in [3.63, 3.8) is 0 Å². The highest BCUT2D eigenvalue weighted by Crippen LogP contribution is 2.38. The van der Waals surface area contributed by atoms with Crippen LogP contribution in [0.15, 0.2) is 18.2 Å². The monoisotopic (exact) mass is 224 g/mol. The fourth-order valence-electron chi connectivity index (χ4n) is 2.38. The maximum Gasteiger partial charge on any atom is 0.165 e. The minimum Gasteiger partial charge on any atom is -0.494 e. The van der Waals surface area contributed by atoms with Crippen molar-refractivity contribution in [1.82, 2.24) is 0 Å². The van der Waals surface area contributed by atoms with Gasteiger partial charge in [-0.1, -0.05) is 25.3 Å². The van der Waals surface area contributed by atoms with Gasteiger partial charge in [0.25, 0.3) is 0 Å². The summed E-state index contributed by atoms with van der Waals surface area (Å²) in [4.78, 5) is 0. The second-order valence-electron chi connectivity index (χ2n) is 4.44. The van der Waals surface area contributed by atoms with Gasteiger partial charge in [0.05, 0.1) is 12.7 Å². The molecule has 1 aliphatic carbocycles. The van der Waals surface area contributed by atoms with E-state index in [4.69, 9.17) is 4.74 Å². The summed E-state index contributed by atoms with van der Waals surface area (Å²) in [6.45, 7) is 0.